The lowest BCUT2D eigenvalue weighted by molar-refractivity contribution is -0.141. The minimum atomic E-state index is -0.771. The molecule has 1 aromatic rings. The molecule has 0 saturated heterocycles. The van der Waals surface area contributed by atoms with Gasteiger partial charge in [0.25, 0.3) is 0 Å². The van der Waals surface area contributed by atoms with E-state index in [1.807, 2.05) is 36.9 Å². The highest BCUT2D eigenvalue weighted by Gasteiger charge is 2.35. The molecular formula is C17H23NO3. The van der Waals surface area contributed by atoms with Gasteiger partial charge in [0.1, 0.15) is 0 Å². The highest BCUT2D eigenvalue weighted by Crippen LogP contribution is 2.32. The minimum Gasteiger partial charge on any atom is -0.481 e. The Balaban J connectivity index is 2.01. The van der Waals surface area contributed by atoms with Crippen molar-refractivity contribution in [3.63, 3.8) is 0 Å². The minimum absolute atomic E-state index is 0.0998. The second kappa shape index (κ2) is 6.74. The molecule has 1 aromatic carbocycles. The van der Waals surface area contributed by atoms with Crippen LogP contribution in [0.5, 0.6) is 0 Å². The summed E-state index contributed by atoms with van der Waals surface area (Å²) in [7, 11) is 0. The van der Waals surface area contributed by atoms with Gasteiger partial charge in [0.2, 0.25) is 5.91 Å². The fraction of sp³-hybridized carbons (Fsp3) is 0.529. The summed E-state index contributed by atoms with van der Waals surface area (Å²) < 4.78 is 0. The molecule has 0 bridgehead atoms. The lowest BCUT2D eigenvalue weighted by Gasteiger charge is -2.24. The van der Waals surface area contributed by atoms with Crippen molar-refractivity contribution in [1.29, 1.82) is 0 Å². The van der Waals surface area contributed by atoms with E-state index in [-0.39, 0.29) is 17.7 Å². The Morgan fingerprint density at radius 3 is 2.57 bits per heavy atom. The molecule has 21 heavy (non-hydrogen) atoms. The number of nitrogens with zero attached hydrogens (tertiary/aromatic N) is 1. The number of aryl methyl sites for hydroxylation is 1. The zero-order valence-corrected chi connectivity index (χ0v) is 12.7. The molecule has 4 heteroatoms. The molecule has 0 aromatic heterocycles. The van der Waals surface area contributed by atoms with Crippen LogP contribution in [0.25, 0.3) is 0 Å². The average molecular weight is 289 g/mol. The number of carbonyl (C=O) groups excluding carboxylic acids is 1. The van der Waals surface area contributed by atoms with Crippen molar-refractivity contribution in [1.82, 2.24) is 4.90 Å². The maximum atomic E-state index is 12.6. The fourth-order valence-corrected chi connectivity index (χ4v) is 3.06. The summed E-state index contributed by atoms with van der Waals surface area (Å²) in [5, 5.41) is 9.05. The number of amides is 1. The second-order valence-electron chi connectivity index (χ2n) is 5.89. The monoisotopic (exact) mass is 289 g/mol. The topological polar surface area (TPSA) is 57.6 Å². The van der Waals surface area contributed by atoms with Crippen molar-refractivity contribution < 1.29 is 14.7 Å². The first-order valence-corrected chi connectivity index (χ1v) is 7.58. The van der Waals surface area contributed by atoms with E-state index in [0.717, 1.165) is 5.56 Å². The van der Waals surface area contributed by atoms with Crippen molar-refractivity contribution in [2.45, 2.75) is 39.7 Å². The van der Waals surface area contributed by atoms with Gasteiger partial charge in [-0.1, -0.05) is 29.8 Å². The van der Waals surface area contributed by atoms with Crippen LogP contribution in [0.1, 0.15) is 37.3 Å². The molecule has 2 atom stereocenters. The smallest absolute Gasteiger partial charge is 0.306 e. The van der Waals surface area contributed by atoms with Gasteiger partial charge in [-0.15, -0.1) is 0 Å². The highest BCUT2D eigenvalue weighted by molar-refractivity contribution is 5.81. The van der Waals surface area contributed by atoms with Gasteiger partial charge in [-0.3, -0.25) is 9.59 Å². The van der Waals surface area contributed by atoms with Crippen LogP contribution in [0.15, 0.2) is 24.3 Å². The maximum absolute atomic E-state index is 12.6. The van der Waals surface area contributed by atoms with E-state index in [1.54, 1.807) is 0 Å². The van der Waals surface area contributed by atoms with Gasteiger partial charge in [-0.2, -0.15) is 0 Å². The Labute approximate surface area is 125 Å². The molecule has 0 unspecified atom stereocenters. The van der Waals surface area contributed by atoms with Crippen LogP contribution in [-0.2, 0) is 16.1 Å². The van der Waals surface area contributed by atoms with Crippen LogP contribution >= 0.6 is 0 Å². The molecule has 4 nitrogen and oxygen atoms in total. The van der Waals surface area contributed by atoms with Crippen LogP contribution in [0.2, 0.25) is 0 Å². The van der Waals surface area contributed by atoms with E-state index in [4.69, 9.17) is 5.11 Å². The standard InChI is InChI=1S/C17H23NO3/c1-3-18(11-13-6-4-5-12(2)9-13)16(19)14-7-8-15(10-14)17(20)21/h4-6,9,14-15H,3,7-8,10-11H2,1-2H3,(H,20,21)/t14-,15+/m1/s1. The second-order valence-corrected chi connectivity index (χ2v) is 5.89. The number of hydrogen-bond acceptors (Lipinski definition) is 2. The summed E-state index contributed by atoms with van der Waals surface area (Å²) in [6.45, 7) is 5.26. The largest absolute Gasteiger partial charge is 0.481 e. The van der Waals surface area contributed by atoms with Gasteiger partial charge in [0.05, 0.1) is 5.92 Å². The number of rotatable bonds is 5. The molecule has 0 aliphatic heterocycles. The Bertz CT molecular complexity index is 527. The summed E-state index contributed by atoms with van der Waals surface area (Å²) in [4.78, 5) is 25.4. The predicted molar refractivity (Wildman–Crippen MR) is 80.7 cm³/mol. The normalized spacial score (nSPS) is 21.2. The first kappa shape index (κ1) is 15.5. The molecule has 0 radical (unpaired) electrons. The number of carboxylic acid groups (broad SMARTS) is 1. The quantitative estimate of drug-likeness (QED) is 0.906. The van der Waals surface area contributed by atoms with Crippen LogP contribution in [-0.4, -0.2) is 28.4 Å². The van der Waals surface area contributed by atoms with Crippen LogP contribution < -0.4 is 0 Å². The Hall–Kier alpha value is -1.84. The molecule has 1 aliphatic carbocycles. The SMILES string of the molecule is CCN(Cc1cccc(C)c1)C(=O)[C@@H]1CC[C@H](C(=O)O)C1. The van der Waals surface area contributed by atoms with Crippen LogP contribution in [0.4, 0.5) is 0 Å². The van der Waals surface area contributed by atoms with Gasteiger partial charge in [-0.05, 0) is 38.7 Å². The number of carbonyl (C=O) groups is 2. The third kappa shape index (κ3) is 3.84. The molecule has 1 fully saturated rings. The summed E-state index contributed by atoms with van der Waals surface area (Å²) in [6, 6.07) is 8.15. The third-order valence-corrected chi connectivity index (χ3v) is 4.28. The van der Waals surface area contributed by atoms with E-state index in [9.17, 15) is 9.59 Å². The van der Waals surface area contributed by atoms with Crippen molar-refractivity contribution in [2.24, 2.45) is 11.8 Å². The molecule has 114 valence electrons. The lowest BCUT2D eigenvalue weighted by Crippen LogP contribution is -2.35. The van der Waals surface area contributed by atoms with E-state index < -0.39 is 5.97 Å². The summed E-state index contributed by atoms with van der Waals surface area (Å²) in [5.74, 6) is -1.15. The number of hydrogen-bond donors (Lipinski definition) is 1. The predicted octanol–water partition coefficient (Wildman–Crippen LogP) is 2.84. The third-order valence-electron chi connectivity index (χ3n) is 4.28. The van der Waals surface area contributed by atoms with Gasteiger partial charge >= 0.3 is 5.97 Å². The van der Waals surface area contributed by atoms with Gasteiger partial charge < -0.3 is 10.0 Å². The Morgan fingerprint density at radius 1 is 1.29 bits per heavy atom. The van der Waals surface area contributed by atoms with Crippen molar-refractivity contribution in [2.75, 3.05) is 6.54 Å². The molecule has 1 aliphatic rings. The zero-order valence-electron chi connectivity index (χ0n) is 12.7. The Kier molecular flexibility index (Phi) is 4.99. The summed E-state index contributed by atoms with van der Waals surface area (Å²) in [6.07, 6.45) is 1.80. The molecule has 2 rings (SSSR count). The number of carboxylic acids is 1. The first-order chi connectivity index (χ1) is 10.0. The van der Waals surface area contributed by atoms with Gasteiger partial charge in [0.15, 0.2) is 0 Å². The number of aliphatic carboxylic acids is 1. The molecule has 1 saturated carbocycles. The van der Waals surface area contributed by atoms with Crippen molar-refractivity contribution in [3.8, 4) is 0 Å². The average Bonchev–Trinajstić information content (AvgIpc) is 2.94. The fourth-order valence-electron chi connectivity index (χ4n) is 3.06. The lowest BCUT2D eigenvalue weighted by atomic mass is 10.0. The Morgan fingerprint density at radius 2 is 2.00 bits per heavy atom. The summed E-state index contributed by atoms with van der Waals surface area (Å²) in [5.41, 5.74) is 2.31. The van der Waals surface area contributed by atoms with Gasteiger partial charge in [0, 0.05) is 19.0 Å². The van der Waals surface area contributed by atoms with E-state index >= 15 is 0 Å². The van der Waals surface area contributed by atoms with Crippen LogP contribution in [0, 0.1) is 18.8 Å². The number of benzene rings is 1. The maximum Gasteiger partial charge on any atom is 0.306 e. The van der Waals surface area contributed by atoms with Crippen molar-refractivity contribution in [3.05, 3.63) is 35.4 Å². The summed E-state index contributed by atoms with van der Waals surface area (Å²) >= 11 is 0. The highest BCUT2D eigenvalue weighted by atomic mass is 16.4. The van der Waals surface area contributed by atoms with Crippen LogP contribution in [0.3, 0.4) is 0 Å². The molecule has 0 spiro atoms. The van der Waals surface area contributed by atoms with E-state index in [2.05, 4.69) is 6.07 Å². The van der Waals surface area contributed by atoms with Crippen molar-refractivity contribution >= 4 is 11.9 Å². The molecular weight excluding hydrogens is 266 g/mol. The molecule has 1 N–H and O–H groups in total. The van der Waals surface area contributed by atoms with E-state index in [1.165, 1.54) is 5.56 Å². The first-order valence-electron chi connectivity index (χ1n) is 7.58. The molecule has 1 amide bonds. The van der Waals surface area contributed by atoms with Gasteiger partial charge in [-0.25, -0.2) is 0 Å². The van der Waals surface area contributed by atoms with E-state index in [0.29, 0.717) is 32.4 Å². The zero-order chi connectivity index (χ0) is 15.4. The molecule has 0 heterocycles.